The Balaban J connectivity index is 2.07. The van der Waals surface area contributed by atoms with Crippen molar-refractivity contribution in [2.75, 3.05) is 0 Å². The minimum absolute atomic E-state index is 0.236. The van der Waals surface area contributed by atoms with Crippen LogP contribution in [-0.4, -0.2) is 32.2 Å². The monoisotopic (exact) mass is 368 g/mol. The lowest BCUT2D eigenvalue weighted by Crippen LogP contribution is -2.53. The van der Waals surface area contributed by atoms with Gasteiger partial charge in [-0.3, -0.25) is 0 Å². The zero-order valence-corrected chi connectivity index (χ0v) is 16.2. The van der Waals surface area contributed by atoms with Crippen LogP contribution in [-0.2, 0) is 14.8 Å². The van der Waals surface area contributed by atoms with E-state index < -0.39 is 21.7 Å². The number of nitrogens with one attached hydrogen (secondary N) is 2. The lowest BCUT2D eigenvalue weighted by molar-refractivity contribution is 0.0483. The van der Waals surface area contributed by atoms with Gasteiger partial charge >= 0.3 is 6.09 Å². The second-order valence-electron chi connectivity index (χ2n) is 7.58. The van der Waals surface area contributed by atoms with Crippen LogP contribution in [0.1, 0.15) is 52.0 Å². The van der Waals surface area contributed by atoms with Crippen molar-refractivity contribution < 1.29 is 17.9 Å². The molecule has 1 aliphatic carbocycles. The first kappa shape index (κ1) is 19.7. The molecule has 1 amide bonds. The first-order valence-electron chi connectivity index (χ1n) is 8.65. The van der Waals surface area contributed by atoms with Crippen LogP contribution in [0, 0.1) is 6.92 Å². The lowest BCUT2D eigenvalue weighted by atomic mass is 9.91. The van der Waals surface area contributed by atoms with Gasteiger partial charge in [0.25, 0.3) is 0 Å². The van der Waals surface area contributed by atoms with Gasteiger partial charge in [0.1, 0.15) is 5.60 Å². The molecule has 25 heavy (non-hydrogen) atoms. The molecule has 2 rings (SSSR count). The summed E-state index contributed by atoms with van der Waals surface area (Å²) < 4.78 is 33.3. The Morgan fingerprint density at radius 1 is 1.08 bits per heavy atom. The number of hydrogen-bond acceptors (Lipinski definition) is 4. The van der Waals surface area contributed by atoms with Gasteiger partial charge in [-0.1, -0.05) is 30.5 Å². The van der Waals surface area contributed by atoms with Crippen molar-refractivity contribution in [3.63, 3.8) is 0 Å². The minimum atomic E-state index is -3.62. The van der Waals surface area contributed by atoms with E-state index in [2.05, 4.69) is 10.0 Å². The number of benzene rings is 1. The molecule has 6 nitrogen and oxygen atoms in total. The van der Waals surface area contributed by atoms with Crippen LogP contribution in [0.15, 0.2) is 29.2 Å². The molecule has 1 aromatic carbocycles. The highest BCUT2D eigenvalue weighted by Gasteiger charge is 2.31. The van der Waals surface area contributed by atoms with Gasteiger partial charge in [-0.05, 0) is 52.7 Å². The van der Waals surface area contributed by atoms with Crippen molar-refractivity contribution >= 4 is 16.1 Å². The molecule has 0 spiro atoms. The summed E-state index contributed by atoms with van der Waals surface area (Å²) >= 11 is 0. The van der Waals surface area contributed by atoms with Crippen molar-refractivity contribution in [3.05, 3.63) is 29.8 Å². The molecule has 1 aliphatic rings. The Hall–Kier alpha value is -1.60. The molecule has 0 radical (unpaired) electrons. The van der Waals surface area contributed by atoms with E-state index in [1.807, 2.05) is 6.92 Å². The van der Waals surface area contributed by atoms with Crippen LogP contribution in [0.25, 0.3) is 0 Å². The normalized spacial score (nSPS) is 21.6. The highest BCUT2D eigenvalue weighted by atomic mass is 32.2. The van der Waals surface area contributed by atoms with E-state index in [-0.39, 0.29) is 17.0 Å². The van der Waals surface area contributed by atoms with Crippen LogP contribution in [0.3, 0.4) is 0 Å². The minimum Gasteiger partial charge on any atom is -0.444 e. The smallest absolute Gasteiger partial charge is 0.407 e. The topological polar surface area (TPSA) is 84.5 Å². The van der Waals surface area contributed by atoms with Gasteiger partial charge in [0.2, 0.25) is 10.0 Å². The molecule has 7 heteroatoms. The summed E-state index contributed by atoms with van der Waals surface area (Å²) in [5.41, 5.74) is 0.413. The van der Waals surface area contributed by atoms with Gasteiger partial charge in [-0.15, -0.1) is 0 Å². The SMILES string of the molecule is Cc1ccc(S(=O)(=O)NC2CCCCC2NC(=O)OC(C)(C)C)cc1. The molecule has 140 valence electrons. The summed E-state index contributed by atoms with van der Waals surface area (Å²) in [4.78, 5) is 12.3. The summed E-state index contributed by atoms with van der Waals surface area (Å²) in [6, 6.07) is 6.11. The zero-order chi connectivity index (χ0) is 18.7. The van der Waals surface area contributed by atoms with E-state index in [1.165, 1.54) is 0 Å². The number of rotatable bonds is 4. The Morgan fingerprint density at radius 3 is 2.20 bits per heavy atom. The second kappa shape index (κ2) is 7.74. The molecule has 0 heterocycles. The van der Waals surface area contributed by atoms with Crippen LogP contribution in [0.4, 0.5) is 4.79 Å². The predicted octanol–water partition coefficient (Wildman–Crippen LogP) is 3.11. The number of hydrogen-bond donors (Lipinski definition) is 2. The van der Waals surface area contributed by atoms with Crippen molar-refractivity contribution in [1.29, 1.82) is 0 Å². The van der Waals surface area contributed by atoms with E-state index in [1.54, 1.807) is 45.0 Å². The molecular weight excluding hydrogens is 340 g/mol. The Bertz CT molecular complexity index is 693. The first-order valence-corrected chi connectivity index (χ1v) is 10.1. The Morgan fingerprint density at radius 2 is 1.64 bits per heavy atom. The molecule has 0 aliphatic heterocycles. The first-order chi connectivity index (χ1) is 11.6. The van der Waals surface area contributed by atoms with Crippen molar-refractivity contribution in [2.45, 2.75) is 76.0 Å². The third kappa shape index (κ3) is 6.01. The summed E-state index contributed by atoms with van der Waals surface area (Å²) in [6.07, 6.45) is 2.77. The molecule has 0 saturated heterocycles. The third-order valence-electron chi connectivity index (χ3n) is 4.11. The Labute approximate surface area is 150 Å². The number of ether oxygens (including phenoxy) is 1. The predicted molar refractivity (Wildman–Crippen MR) is 96.9 cm³/mol. The van der Waals surface area contributed by atoms with E-state index >= 15 is 0 Å². The average molecular weight is 368 g/mol. The van der Waals surface area contributed by atoms with Gasteiger partial charge in [-0.2, -0.15) is 0 Å². The standard InChI is InChI=1S/C18H28N2O4S/c1-13-9-11-14(12-10-13)25(22,23)20-16-8-6-5-7-15(16)19-17(21)24-18(2,3)4/h9-12,15-16,20H,5-8H2,1-4H3,(H,19,21). The maximum absolute atomic E-state index is 12.6. The van der Waals surface area contributed by atoms with Gasteiger partial charge in [0, 0.05) is 12.1 Å². The van der Waals surface area contributed by atoms with Crippen LogP contribution >= 0.6 is 0 Å². The van der Waals surface area contributed by atoms with Crippen molar-refractivity contribution in [1.82, 2.24) is 10.0 Å². The fourth-order valence-corrected chi connectivity index (χ4v) is 4.20. The molecule has 2 atom stereocenters. The summed E-state index contributed by atoms with van der Waals surface area (Å²) in [6.45, 7) is 7.30. The number of alkyl carbamates (subject to hydrolysis) is 1. The largest absolute Gasteiger partial charge is 0.444 e. The maximum Gasteiger partial charge on any atom is 0.407 e. The maximum atomic E-state index is 12.6. The van der Waals surface area contributed by atoms with E-state index in [4.69, 9.17) is 4.74 Å². The van der Waals surface area contributed by atoms with Crippen molar-refractivity contribution in [2.24, 2.45) is 0 Å². The van der Waals surface area contributed by atoms with Gasteiger partial charge in [0.05, 0.1) is 4.90 Å². The van der Waals surface area contributed by atoms with Crippen molar-refractivity contribution in [3.8, 4) is 0 Å². The number of carbonyl (C=O) groups excluding carboxylic acids is 1. The molecule has 1 saturated carbocycles. The van der Waals surface area contributed by atoms with Gasteiger partial charge in [0.15, 0.2) is 0 Å². The number of aryl methyl sites for hydroxylation is 1. The highest BCUT2D eigenvalue weighted by molar-refractivity contribution is 7.89. The number of amides is 1. The second-order valence-corrected chi connectivity index (χ2v) is 9.29. The quantitative estimate of drug-likeness (QED) is 0.855. The lowest BCUT2D eigenvalue weighted by Gasteiger charge is -2.33. The van der Waals surface area contributed by atoms with E-state index in [0.717, 1.165) is 24.8 Å². The van der Waals surface area contributed by atoms with Crippen LogP contribution < -0.4 is 10.0 Å². The van der Waals surface area contributed by atoms with Crippen LogP contribution in [0.2, 0.25) is 0 Å². The van der Waals surface area contributed by atoms with E-state index in [9.17, 15) is 13.2 Å². The highest BCUT2D eigenvalue weighted by Crippen LogP contribution is 2.21. The molecular formula is C18H28N2O4S. The fourth-order valence-electron chi connectivity index (χ4n) is 2.89. The molecule has 2 unspecified atom stereocenters. The molecule has 2 N–H and O–H groups in total. The summed E-state index contributed by atoms with van der Waals surface area (Å²) in [5, 5.41) is 2.82. The Kier molecular flexibility index (Phi) is 6.11. The molecule has 0 aromatic heterocycles. The van der Waals surface area contributed by atoms with Gasteiger partial charge in [-0.25, -0.2) is 17.9 Å². The molecule has 0 bridgehead atoms. The van der Waals surface area contributed by atoms with Gasteiger partial charge < -0.3 is 10.1 Å². The third-order valence-corrected chi connectivity index (χ3v) is 5.61. The summed E-state index contributed by atoms with van der Waals surface area (Å²) in [7, 11) is -3.62. The molecule has 1 aromatic rings. The number of sulfonamides is 1. The fraction of sp³-hybridized carbons (Fsp3) is 0.611. The van der Waals surface area contributed by atoms with Crippen LogP contribution in [0.5, 0.6) is 0 Å². The van der Waals surface area contributed by atoms with E-state index in [0.29, 0.717) is 6.42 Å². The molecule has 1 fully saturated rings. The summed E-state index contributed by atoms with van der Waals surface area (Å²) in [5.74, 6) is 0. The number of carbonyl (C=O) groups is 1. The average Bonchev–Trinajstić information content (AvgIpc) is 2.47. The zero-order valence-electron chi connectivity index (χ0n) is 15.3.